The lowest BCUT2D eigenvalue weighted by atomic mass is 9.58. The van der Waals surface area contributed by atoms with E-state index >= 15 is 0 Å². The molecule has 4 nitrogen and oxygen atoms in total. The predicted molar refractivity (Wildman–Crippen MR) is 105 cm³/mol. The topological polar surface area (TPSA) is 44.8 Å². The second-order valence-electron chi connectivity index (χ2n) is 7.85. The molecule has 1 spiro atoms. The van der Waals surface area contributed by atoms with E-state index in [1.165, 1.54) is 29.4 Å². The second kappa shape index (κ2) is 6.57. The molecule has 2 aromatic carbocycles. The van der Waals surface area contributed by atoms with Crippen molar-refractivity contribution in [3.05, 3.63) is 82.4 Å². The Morgan fingerprint density at radius 2 is 1.82 bits per heavy atom. The molecule has 0 amide bonds. The summed E-state index contributed by atoms with van der Waals surface area (Å²) in [5, 5.41) is 0. The summed E-state index contributed by atoms with van der Waals surface area (Å²) in [5.74, 6) is -0.755. The average Bonchev–Trinajstić information content (AvgIpc) is 3.21. The Morgan fingerprint density at radius 1 is 1.04 bits per heavy atom. The third-order valence-electron chi connectivity index (χ3n) is 6.52. The molecule has 5 rings (SSSR count). The first kappa shape index (κ1) is 17.7. The lowest BCUT2D eigenvalue weighted by Gasteiger charge is -2.49. The number of fused-ring (bicyclic) bond motifs is 3. The van der Waals surface area contributed by atoms with Crippen LogP contribution >= 0.6 is 0 Å². The van der Waals surface area contributed by atoms with Gasteiger partial charge in [0.2, 0.25) is 0 Å². The molecule has 1 saturated carbocycles. The molecule has 1 saturated heterocycles. The number of allylic oxidation sites excluding steroid dienone is 1. The van der Waals surface area contributed by atoms with Crippen molar-refractivity contribution in [3.63, 3.8) is 0 Å². The van der Waals surface area contributed by atoms with Crippen LogP contribution in [0.2, 0.25) is 0 Å². The Morgan fingerprint density at radius 3 is 2.57 bits per heavy atom. The van der Waals surface area contributed by atoms with Crippen molar-refractivity contribution < 1.29 is 19.0 Å². The van der Waals surface area contributed by atoms with E-state index in [9.17, 15) is 4.79 Å². The van der Waals surface area contributed by atoms with E-state index in [0.29, 0.717) is 18.8 Å². The first-order valence-electron chi connectivity index (χ1n) is 9.92. The summed E-state index contributed by atoms with van der Waals surface area (Å²) in [6.45, 7) is 1.34. The van der Waals surface area contributed by atoms with E-state index < -0.39 is 5.79 Å². The number of esters is 1. The van der Waals surface area contributed by atoms with E-state index in [1.54, 1.807) is 0 Å². The highest BCUT2D eigenvalue weighted by Gasteiger charge is 2.52. The van der Waals surface area contributed by atoms with Gasteiger partial charge >= 0.3 is 5.97 Å². The normalized spacial score (nSPS) is 25.0. The Balaban J connectivity index is 1.65. The SMILES string of the molecule is COC(=O)c1ccc2c(c1)CC=C1CC3(CCC12c1ccccc1)OCCO3. The van der Waals surface area contributed by atoms with Crippen molar-refractivity contribution >= 4 is 5.97 Å². The van der Waals surface area contributed by atoms with E-state index in [4.69, 9.17) is 14.2 Å². The zero-order valence-corrected chi connectivity index (χ0v) is 16.1. The number of ether oxygens (including phenoxy) is 3. The highest BCUT2D eigenvalue weighted by Crippen LogP contribution is 2.55. The van der Waals surface area contributed by atoms with Gasteiger partial charge in [-0.15, -0.1) is 0 Å². The number of hydrogen-bond donors (Lipinski definition) is 0. The summed E-state index contributed by atoms with van der Waals surface area (Å²) in [6.07, 6.45) is 5.70. The highest BCUT2D eigenvalue weighted by atomic mass is 16.7. The fourth-order valence-electron chi connectivity index (χ4n) is 5.23. The summed E-state index contributed by atoms with van der Waals surface area (Å²) < 4.78 is 17.0. The van der Waals surface area contributed by atoms with Gasteiger partial charge in [0, 0.05) is 18.3 Å². The van der Waals surface area contributed by atoms with Crippen molar-refractivity contribution in [3.8, 4) is 0 Å². The molecule has 3 aliphatic rings. The lowest BCUT2D eigenvalue weighted by Crippen LogP contribution is -2.46. The van der Waals surface area contributed by atoms with Crippen molar-refractivity contribution in [2.45, 2.75) is 36.9 Å². The van der Waals surface area contributed by atoms with Gasteiger partial charge in [0.25, 0.3) is 0 Å². The van der Waals surface area contributed by atoms with Crippen LogP contribution in [0.3, 0.4) is 0 Å². The smallest absolute Gasteiger partial charge is 0.337 e. The summed E-state index contributed by atoms with van der Waals surface area (Å²) in [5.41, 5.74) is 5.56. The molecule has 2 aliphatic carbocycles. The molecule has 1 aliphatic heterocycles. The largest absolute Gasteiger partial charge is 0.465 e. The molecular formula is C24H24O4. The second-order valence-corrected chi connectivity index (χ2v) is 7.85. The third kappa shape index (κ3) is 2.55. The van der Waals surface area contributed by atoms with Gasteiger partial charge in [-0.3, -0.25) is 0 Å². The third-order valence-corrected chi connectivity index (χ3v) is 6.52. The molecule has 1 heterocycles. The van der Waals surface area contributed by atoms with E-state index in [1.807, 2.05) is 12.1 Å². The minimum absolute atomic E-state index is 0.190. The minimum atomic E-state index is -0.465. The van der Waals surface area contributed by atoms with Crippen molar-refractivity contribution in [1.82, 2.24) is 0 Å². The van der Waals surface area contributed by atoms with Crippen LogP contribution in [0.1, 0.15) is 46.3 Å². The lowest BCUT2D eigenvalue weighted by molar-refractivity contribution is -0.171. The fraction of sp³-hybridized carbons (Fsp3) is 0.375. The quantitative estimate of drug-likeness (QED) is 0.583. The maximum absolute atomic E-state index is 12.0. The number of methoxy groups -OCH3 is 1. The molecule has 0 N–H and O–H groups in total. The van der Waals surface area contributed by atoms with Crippen LogP contribution in [0, 0.1) is 0 Å². The van der Waals surface area contributed by atoms with Crippen molar-refractivity contribution in [1.29, 1.82) is 0 Å². The fourth-order valence-corrected chi connectivity index (χ4v) is 5.23. The van der Waals surface area contributed by atoms with Gasteiger partial charge in [-0.05, 0) is 41.7 Å². The predicted octanol–water partition coefficient (Wildman–Crippen LogP) is 4.17. The first-order valence-corrected chi connectivity index (χ1v) is 9.92. The summed E-state index contributed by atoms with van der Waals surface area (Å²) in [7, 11) is 1.42. The Hall–Kier alpha value is -2.43. The van der Waals surface area contributed by atoms with Gasteiger partial charge in [-0.1, -0.05) is 48.0 Å². The number of carbonyl (C=O) groups excluding carboxylic acids is 1. The van der Waals surface area contributed by atoms with Crippen LogP contribution in [-0.2, 0) is 26.0 Å². The number of benzene rings is 2. The van der Waals surface area contributed by atoms with E-state index in [2.05, 4.69) is 42.5 Å². The molecule has 2 fully saturated rings. The number of carbonyl (C=O) groups is 1. The molecule has 0 radical (unpaired) electrons. The van der Waals surface area contributed by atoms with Crippen LogP contribution in [0.25, 0.3) is 0 Å². The molecule has 1 unspecified atom stereocenters. The molecule has 144 valence electrons. The van der Waals surface area contributed by atoms with Gasteiger partial charge in [0.1, 0.15) is 0 Å². The van der Waals surface area contributed by atoms with Gasteiger partial charge < -0.3 is 14.2 Å². The molecule has 1 atom stereocenters. The highest BCUT2D eigenvalue weighted by molar-refractivity contribution is 5.89. The zero-order chi connectivity index (χ0) is 19.2. The summed E-state index contributed by atoms with van der Waals surface area (Å²) in [6, 6.07) is 16.7. The maximum Gasteiger partial charge on any atom is 0.337 e. The Bertz CT molecular complexity index is 940. The van der Waals surface area contributed by atoms with Crippen LogP contribution in [-0.4, -0.2) is 32.1 Å². The Labute approximate surface area is 165 Å². The van der Waals surface area contributed by atoms with Crippen LogP contribution in [0.5, 0.6) is 0 Å². The van der Waals surface area contributed by atoms with Gasteiger partial charge in [0.05, 0.1) is 25.9 Å². The average molecular weight is 376 g/mol. The summed E-state index contributed by atoms with van der Waals surface area (Å²) in [4.78, 5) is 12.0. The van der Waals surface area contributed by atoms with Gasteiger partial charge in [0.15, 0.2) is 5.79 Å². The monoisotopic (exact) mass is 376 g/mol. The van der Waals surface area contributed by atoms with E-state index in [-0.39, 0.29) is 11.4 Å². The standard InChI is InChI=1S/C24H24O4/c1-26-22(25)18-8-10-21-17(15-18)7-9-20-16-23(27-13-14-28-23)11-12-24(20,21)19-5-3-2-4-6-19/h2-6,8-10,15H,7,11-14,16H2,1H3. The first-order chi connectivity index (χ1) is 13.7. The molecule has 0 aromatic heterocycles. The van der Waals surface area contributed by atoms with Crippen LogP contribution < -0.4 is 0 Å². The molecular weight excluding hydrogens is 352 g/mol. The van der Waals surface area contributed by atoms with Crippen LogP contribution in [0.15, 0.2) is 60.2 Å². The van der Waals surface area contributed by atoms with Crippen molar-refractivity contribution in [2.24, 2.45) is 0 Å². The van der Waals surface area contributed by atoms with Gasteiger partial charge in [-0.2, -0.15) is 0 Å². The van der Waals surface area contributed by atoms with Gasteiger partial charge in [-0.25, -0.2) is 4.79 Å². The van der Waals surface area contributed by atoms with Crippen molar-refractivity contribution in [2.75, 3.05) is 20.3 Å². The minimum Gasteiger partial charge on any atom is -0.465 e. The summed E-state index contributed by atoms with van der Waals surface area (Å²) >= 11 is 0. The maximum atomic E-state index is 12.0. The molecule has 0 bridgehead atoms. The van der Waals surface area contributed by atoms with E-state index in [0.717, 1.165) is 25.7 Å². The zero-order valence-electron chi connectivity index (χ0n) is 16.1. The number of rotatable bonds is 2. The number of hydrogen-bond acceptors (Lipinski definition) is 4. The molecule has 28 heavy (non-hydrogen) atoms. The molecule has 2 aromatic rings. The van der Waals surface area contributed by atoms with Crippen LogP contribution in [0.4, 0.5) is 0 Å². The molecule has 4 heteroatoms. The Kier molecular flexibility index (Phi) is 4.14.